The van der Waals surface area contributed by atoms with Crippen LogP contribution in [-0.4, -0.2) is 37.5 Å². The molecule has 1 saturated heterocycles. The topological polar surface area (TPSA) is 92.4 Å². The van der Waals surface area contributed by atoms with Crippen molar-refractivity contribution in [2.75, 3.05) is 6.54 Å². The van der Waals surface area contributed by atoms with Gasteiger partial charge in [0.05, 0.1) is 23.8 Å². The second-order valence-corrected chi connectivity index (χ2v) is 5.51. The number of aromatic carboxylic acids is 1. The summed E-state index contributed by atoms with van der Waals surface area (Å²) in [4.78, 5) is 25.9. The average molecular weight is 302 g/mol. The average Bonchev–Trinajstić information content (AvgIpc) is 3.07. The van der Waals surface area contributed by atoms with E-state index in [-0.39, 0.29) is 11.6 Å². The molecule has 1 N–H and O–H groups in total. The smallest absolute Gasteiger partial charge is 0.338 e. The molecule has 1 aliphatic rings. The van der Waals surface area contributed by atoms with E-state index >= 15 is 0 Å². The molecule has 0 bridgehead atoms. The van der Waals surface area contributed by atoms with Crippen molar-refractivity contribution in [1.29, 1.82) is 0 Å². The highest BCUT2D eigenvalue weighted by atomic mass is 16.4. The molecule has 0 aromatic carbocycles. The van der Waals surface area contributed by atoms with Gasteiger partial charge >= 0.3 is 5.97 Å². The van der Waals surface area contributed by atoms with Crippen molar-refractivity contribution in [3.8, 4) is 0 Å². The molecular weight excluding hydrogens is 284 g/mol. The van der Waals surface area contributed by atoms with Crippen molar-refractivity contribution in [2.24, 2.45) is 0 Å². The molecule has 1 unspecified atom stereocenters. The van der Waals surface area contributed by atoms with Gasteiger partial charge in [-0.05, 0) is 33.2 Å². The van der Waals surface area contributed by atoms with E-state index < -0.39 is 5.97 Å². The minimum absolute atomic E-state index is 0.0790. The molecule has 7 heteroatoms. The van der Waals surface area contributed by atoms with Crippen molar-refractivity contribution in [1.82, 2.24) is 19.9 Å². The Labute approximate surface area is 128 Å². The molecule has 1 atom stereocenters. The van der Waals surface area contributed by atoms with Crippen LogP contribution in [0.15, 0.2) is 16.8 Å². The number of aromatic nitrogens is 3. The van der Waals surface area contributed by atoms with Crippen LogP contribution < -0.4 is 0 Å². The Hall–Kier alpha value is -2.28. The number of likely N-dealkylation sites (tertiary alicyclic amines) is 1. The second-order valence-electron chi connectivity index (χ2n) is 5.51. The van der Waals surface area contributed by atoms with Gasteiger partial charge in [-0.3, -0.25) is 4.90 Å². The van der Waals surface area contributed by atoms with E-state index in [1.807, 2.05) is 13.8 Å². The van der Waals surface area contributed by atoms with Gasteiger partial charge in [0.2, 0.25) is 5.89 Å². The number of carbonyl (C=O) groups is 1. The fourth-order valence-corrected chi connectivity index (χ4v) is 2.71. The predicted molar refractivity (Wildman–Crippen MR) is 77.4 cm³/mol. The van der Waals surface area contributed by atoms with Crippen LogP contribution in [0.25, 0.3) is 0 Å². The van der Waals surface area contributed by atoms with Crippen LogP contribution in [0.3, 0.4) is 0 Å². The number of carboxylic acids is 1. The summed E-state index contributed by atoms with van der Waals surface area (Å²) in [6.07, 6.45) is 4.72. The van der Waals surface area contributed by atoms with Crippen molar-refractivity contribution in [2.45, 2.75) is 39.3 Å². The summed E-state index contributed by atoms with van der Waals surface area (Å²) in [6.45, 7) is 5.37. The molecule has 0 aliphatic carbocycles. The molecular formula is C15H18N4O3. The maximum absolute atomic E-state index is 10.9. The van der Waals surface area contributed by atoms with Gasteiger partial charge in [0.1, 0.15) is 11.6 Å². The molecule has 22 heavy (non-hydrogen) atoms. The third-order valence-electron chi connectivity index (χ3n) is 3.99. The number of carboxylic acid groups (broad SMARTS) is 1. The van der Waals surface area contributed by atoms with Crippen LogP contribution in [-0.2, 0) is 6.54 Å². The summed E-state index contributed by atoms with van der Waals surface area (Å²) in [7, 11) is 0. The second kappa shape index (κ2) is 5.84. The van der Waals surface area contributed by atoms with Gasteiger partial charge < -0.3 is 9.52 Å². The van der Waals surface area contributed by atoms with Crippen molar-refractivity contribution < 1.29 is 14.3 Å². The van der Waals surface area contributed by atoms with Gasteiger partial charge in [0, 0.05) is 12.4 Å². The molecule has 1 aliphatic heterocycles. The lowest BCUT2D eigenvalue weighted by Crippen LogP contribution is -2.24. The van der Waals surface area contributed by atoms with Crippen LogP contribution in [0, 0.1) is 13.8 Å². The molecule has 1 fully saturated rings. The standard InChI is InChI=1S/C15H18N4O3/c1-9-10(2)22-13(18-9)8-19-5-3-4-12(19)14-16-6-11(7-17-14)15(20)21/h6-7,12H,3-5,8H2,1-2H3,(H,20,21). The Balaban J connectivity index is 1.76. The van der Waals surface area contributed by atoms with E-state index in [2.05, 4.69) is 19.9 Å². The van der Waals surface area contributed by atoms with E-state index in [1.165, 1.54) is 12.4 Å². The van der Waals surface area contributed by atoms with Gasteiger partial charge in [0.15, 0.2) is 0 Å². The first-order valence-electron chi connectivity index (χ1n) is 7.27. The SMILES string of the molecule is Cc1nc(CN2CCCC2c2ncc(C(=O)O)cn2)oc1C. The van der Waals surface area contributed by atoms with Crippen LogP contribution >= 0.6 is 0 Å². The molecule has 2 aromatic heterocycles. The summed E-state index contributed by atoms with van der Waals surface area (Å²) < 4.78 is 5.64. The van der Waals surface area contributed by atoms with Crippen LogP contribution in [0.4, 0.5) is 0 Å². The summed E-state index contributed by atoms with van der Waals surface area (Å²) in [5.41, 5.74) is 1.01. The minimum atomic E-state index is -1.01. The summed E-state index contributed by atoms with van der Waals surface area (Å²) in [6, 6.07) is 0.0790. The molecule has 0 saturated carbocycles. The van der Waals surface area contributed by atoms with E-state index in [1.54, 1.807) is 0 Å². The molecule has 0 spiro atoms. The maximum atomic E-state index is 10.9. The predicted octanol–water partition coefficient (Wildman–Crippen LogP) is 2.12. The first-order chi connectivity index (χ1) is 10.5. The lowest BCUT2D eigenvalue weighted by atomic mass is 10.2. The summed E-state index contributed by atoms with van der Waals surface area (Å²) in [5, 5.41) is 8.91. The Bertz CT molecular complexity index is 661. The number of hydrogen-bond donors (Lipinski definition) is 1. The first-order valence-corrected chi connectivity index (χ1v) is 7.27. The third kappa shape index (κ3) is 2.85. The molecule has 116 valence electrons. The normalized spacial score (nSPS) is 18.7. The Morgan fingerprint density at radius 3 is 2.73 bits per heavy atom. The zero-order valence-electron chi connectivity index (χ0n) is 12.6. The lowest BCUT2D eigenvalue weighted by Gasteiger charge is -2.21. The van der Waals surface area contributed by atoms with Crippen LogP contribution in [0.2, 0.25) is 0 Å². The van der Waals surface area contributed by atoms with Gasteiger partial charge in [-0.1, -0.05) is 0 Å². The fourth-order valence-electron chi connectivity index (χ4n) is 2.71. The summed E-state index contributed by atoms with van der Waals surface area (Å²) in [5.74, 6) is 1.18. The molecule has 3 rings (SSSR count). The van der Waals surface area contributed by atoms with Gasteiger partial charge in [-0.2, -0.15) is 0 Å². The Kier molecular flexibility index (Phi) is 3.89. The van der Waals surface area contributed by atoms with E-state index in [4.69, 9.17) is 9.52 Å². The number of oxazole rings is 1. The van der Waals surface area contributed by atoms with Gasteiger partial charge in [0.25, 0.3) is 0 Å². The molecule has 0 amide bonds. The lowest BCUT2D eigenvalue weighted by molar-refractivity contribution is 0.0695. The first kappa shape index (κ1) is 14.6. The molecule has 2 aromatic rings. The number of nitrogens with zero attached hydrogens (tertiary/aromatic N) is 4. The zero-order valence-corrected chi connectivity index (χ0v) is 12.6. The highest BCUT2D eigenvalue weighted by Crippen LogP contribution is 2.31. The van der Waals surface area contributed by atoms with Gasteiger partial charge in [-0.15, -0.1) is 0 Å². The largest absolute Gasteiger partial charge is 0.478 e. The van der Waals surface area contributed by atoms with E-state index in [0.717, 1.165) is 30.8 Å². The number of hydrogen-bond acceptors (Lipinski definition) is 6. The number of aryl methyl sites for hydroxylation is 2. The van der Waals surface area contributed by atoms with Crippen LogP contribution in [0.5, 0.6) is 0 Å². The van der Waals surface area contributed by atoms with Crippen molar-refractivity contribution in [3.63, 3.8) is 0 Å². The minimum Gasteiger partial charge on any atom is -0.478 e. The summed E-state index contributed by atoms with van der Waals surface area (Å²) >= 11 is 0. The third-order valence-corrected chi connectivity index (χ3v) is 3.99. The van der Waals surface area contributed by atoms with E-state index in [0.29, 0.717) is 18.3 Å². The quantitative estimate of drug-likeness (QED) is 0.924. The Morgan fingerprint density at radius 1 is 1.41 bits per heavy atom. The Morgan fingerprint density at radius 2 is 2.14 bits per heavy atom. The fraction of sp³-hybridized carbons (Fsp3) is 0.467. The number of rotatable bonds is 4. The molecule has 7 nitrogen and oxygen atoms in total. The highest BCUT2D eigenvalue weighted by molar-refractivity contribution is 5.86. The molecule has 0 radical (unpaired) electrons. The van der Waals surface area contributed by atoms with Gasteiger partial charge in [-0.25, -0.2) is 19.7 Å². The van der Waals surface area contributed by atoms with E-state index in [9.17, 15) is 4.79 Å². The molecule has 3 heterocycles. The van der Waals surface area contributed by atoms with Crippen molar-refractivity contribution >= 4 is 5.97 Å². The van der Waals surface area contributed by atoms with Crippen LogP contribution in [0.1, 0.15) is 52.4 Å². The van der Waals surface area contributed by atoms with Crippen molar-refractivity contribution in [3.05, 3.63) is 41.1 Å². The monoisotopic (exact) mass is 302 g/mol. The zero-order chi connectivity index (χ0) is 15.7. The maximum Gasteiger partial charge on any atom is 0.338 e. The highest BCUT2D eigenvalue weighted by Gasteiger charge is 2.29.